The lowest BCUT2D eigenvalue weighted by Gasteiger charge is -2.46. The number of pyridine rings is 1. The fourth-order valence-electron chi connectivity index (χ4n) is 6.19. The summed E-state index contributed by atoms with van der Waals surface area (Å²) in [6.07, 6.45) is 8.74. The number of piperidine rings is 1. The highest BCUT2D eigenvalue weighted by Gasteiger charge is 2.44. The van der Waals surface area contributed by atoms with Crippen molar-refractivity contribution in [3.05, 3.63) is 89.4 Å². The molecule has 3 aliphatic rings. The molecule has 2 fully saturated rings. The summed E-state index contributed by atoms with van der Waals surface area (Å²) in [5, 5.41) is 2.20. The number of aromatic nitrogens is 1. The van der Waals surface area contributed by atoms with E-state index in [2.05, 4.69) is 80.8 Å². The lowest BCUT2D eigenvalue weighted by molar-refractivity contribution is 0.120. The van der Waals surface area contributed by atoms with Crippen LogP contribution >= 0.6 is 11.3 Å². The topological polar surface area (TPSA) is 28.6 Å². The molecule has 5 heteroatoms. The van der Waals surface area contributed by atoms with Crippen molar-refractivity contribution in [3.63, 3.8) is 0 Å². The van der Waals surface area contributed by atoms with Gasteiger partial charge in [0.25, 0.3) is 0 Å². The number of rotatable bonds is 4. The molecule has 5 heterocycles. The molecule has 7 rings (SSSR count). The minimum atomic E-state index is 0.477. The summed E-state index contributed by atoms with van der Waals surface area (Å²) in [7, 11) is 0. The summed E-state index contributed by atoms with van der Waals surface area (Å²) in [5.74, 6) is 1.89. The van der Waals surface area contributed by atoms with Gasteiger partial charge in [0.15, 0.2) is 11.5 Å². The molecule has 0 aliphatic carbocycles. The first-order valence-electron chi connectivity index (χ1n) is 12.2. The second-order valence-corrected chi connectivity index (χ2v) is 10.7. The molecule has 3 atom stereocenters. The molecule has 2 saturated heterocycles. The van der Waals surface area contributed by atoms with Crippen LogP contribution in [0.1, 0.15) is 30.6 Å². The molecule has 4 nitrogen and oxygen atoms in total. The number of hydrogen-bond donors (Lipinski definition) is 0. The Morgan fingerprint density at radius 1 is 0.824 bits per heavy atom. The van der Waals surface area contributed by atoms with Crippen molar-refractivity contribution in [1.82, 2.24) is 9.88 Å². The average Bonchev–Trinajstić information content (AvgIpc) is 3.47. The zero-order chi connectivity index (χ0) is 22.5. The minimum Gasteiger partial charge on any atom is -0.453 e. The predicted molar refractivity (Wildman–Crippen MR) is 138 cm³/mol. The Labute approximate surface area is 204 Å². The lowest BCUT2D eigenvalue weighted by atomic mass is 9.93. The van der Waals surface area contributed by atoms with Crippen LogP contribution in [0.2, 0.25) is 0 Å². The van der Waals surface area contributed by atoms with E-state index in [1.54, 1.807) is 0 Å². The van der Waals surface area contributed by atoms with E-state index in [-0.39, 0.29) is 0 Å². The molecule has 170 valence electrons. The van der Waals surface area contributed by atoms with Crippen LogP contribution in [0, 0.1) is 0 Å². The van der Waals surface area contributed by atoms with Crippen LogP contribution < -0.4 is 9.64 Å². The summed E-state index contributed by atoms with van der Waals surface area (Å²) in [5.41, 5.74) is 4.62. The van der Waals surface area contributed by atoms with Crippen LogP contribution in [0.5, 0.6) is 11.5 Å². The average molecular weight is 466 g/mol. The van der Waals surface area contributed by atoms with Crippen molar-refractivity contribution in [3.8, 4) is 22.6 Å². The van der Waals surface area contributed by atoms with Gasteiger partial charge in [-0.2, -0.15) is 0 Å². The predicted octanol–water partition coefficient (Wildman–Crippen LogP) is 7.25. The number of fused-ring (bicyclic) bond motifs is 4. The van der Waals surface area contributed by atoms with Gasteiger partial charge in [-0.1, -0.05) is 30.3 Å². The third kappa shape index (κ3) is 3.42. The van der Waals surface area contributed by atoms with Crippen LogP contribution in [0.25, 0.3) is 11.1 Å². The van der Waals surface area contributed by atoms with Crippen molar-refractivity contribution in [2.24, 2.45) is 0 Å². The van der Waals surface area contributed by atoms with E-state index in [0.29, 0.717) is 18.1 Å². The summed E-state index contributed by atoms with van der Waals surface area (Å²) in [6, 6.07) is 25.5. The highest BCUT2D eigenvalue weighted by atomic mass is 32.1. The van der Waals surface area contributed by atoms with Gasteiger partial charge >= 0.3 is 0 Å². The zero-order valence-electron chi connectivity index (χ0n) is 19.0. The van der Waals surface area contributed by atoms with Crippen molar-refractivity contribution < 1.29 is 4.74 Å². The number of para-hydroxylation sites is 2. The quantitative estimate of drug-likeness (QED) is 0.317. The first-order valence-corrected chi connectivity index (χ1v) is 13.1. The fourth-order valence-corrected chi connectivity index (χ4v) is 6.90. The van der Waals surface area contributed by atoms with E-state index in [1.807, 2.05) is 29.8 Å². The molecule has 4 aromatic rings. The van der Waals surface area contributed by atoms with E-state index < -0.39 is 0 Å². The molecular weight excluding hydrogens is 438 g/mol. The third-order valence-corrected chi connectivity index (χ3v) is 8.56. The minimum absolute atomic E-state index is 0.477. The van der Waals surface area contributed by atoms with E-state index in [1.165, 1.54) is 41.9 Å². The smallest absolute Gasteiger partial charge is 0.151 e. The van der Waals surface area contributed by atoms with Gasteiger partial charge < -0.3 is 9.64 Å². The second-order valence-electron chi connectivity index (χ2n) is 9.63. The summed E-state index contributed by atoms with van der Waals surface area (Å²) in [4.78, 5) is 11.1. The molecule has 2 aromatic carbocycles. The van der Waals surface area contributed by atoms with Crippen molar-refractivity contribution in [1.29, 1.82) is 0 Å². The molecule has 34 heavy (non-hydrogen) atoms. The second kappa shape index (κ2) is 8.26. The maximum absolute atomic E-state index is 6.45. The van der Waals surface area contributed by atoms with Crippen LogP contribution in [0.4, 0.5) is 11.4 Å². The van der Waals surface area contributed by atoms with Crippen molar-refractivity contribution in [2.45, 2.75) is 50.4 Å². The highest BCUT2D eigenvalue weighted by molar-refractivity contribution is 7.09. The van der Waals surface area contributed by atoms with Gasteiger partial charge in [-0.15, -0.1) is 11.3 Å². The van der Waals surface area contributed by atoms with Gasteiger partial charge in [0.05, 0.1) is 11.4 Å². The molecule has 0 radical (unpaired) electrons. The number of hydrogen-bond acceptors (Lipinski definition) is 5. The molecule has 1 unspecified atom stereocenters. The molecule has 2 bridgehead atoms. The number of anilines is 2. The van der Waals surface area contributed by atoms with Crippen molar-refractivity contribution >= 4 is 22.7 Å². The van der Waals surface area contributed by atoms with E-state index >= 15 is 0 Å². The summed E-state index contributed by atoms with van der Waals surface area (Å²) >= 11 is 1.89. The Kier molecular flexibility index (Phi) is 4.92. The Hall–Kier alpha value is -3.15. The molecule has 0 spiro atoms. The molecule has 0 saturated carbocycles. The third-order valence-electron chi connectivity index (χ3n) is 7.70. The SMILES string of the molecule is c1cncc(-c2ccc3c(c2)Oc2ccccc2N3C2C[C@H]3CC[C@@H](C2)N3Cc2cccs2)c1. The van der Waals surface area contributed by atoms with Gasteiger partial charge in [-0.05, 0) is 73.0 Å². The molecule has 2 aromatic heterocycles. The van der Waals surface area contributed by atoms with Crippen molar-refractivity contribution in [2.75, 3.05) is 4.90 Å². The van der Waals surface area contributed by atoms with E-state index in [0.717, 1.165) is 29.2 Å². The first-order chi connectivity index (χ1) is 16.8. The Morgan fingerprint density at radius 3 is 2.47 bits per heavy atom. The van der Waals surface area contributed by atoms with Gasteiger partial charge in [0.1, 0.15) is 0 Å². The number of benzene rings is 2. The zero-order valence-corrected chi connectivity index (χ0v) is 19.8. The van der Waals surface area contributed by atoms with Gasteiger partial charge in [0, 0.05) is 47.5 Å². The van der Waals surface area contributed by atoms with Gasteiger partial charge in [-0.3, -0.25) is 9.88 Å². The highest BCUT2D eigenvalue weighted by Crippen LogP contribution is 2.51. The number of nitrogens with zero attached hydrogens (tertiary/aromatic N) is 3. The largest absolute Gasteiger partial charge is 0.453 e. The fraction of sp³-hybridized carbons (Fsp3) is 0.276. The van der Waals surface area contributed by atoms with E-state index in [9.17, 15) is 0 Å². The van der Waals surface area contributed by atoms with Gasteiger partial charge in [-0.25, -0.2) is 0 Å². The lowest BCUT2D eigenvalue weighted by Crippen LogP contribution is -2.49. The maximum Gasteiger partial charge on any atom is 0.151 e. The van der Waals surface area contributed by atoms with Crippen LogP contribution in [-0.4, -0.2) is 28.0 Å². The van der Waals surface area contributed by atoms with Gasteiger partial charge in [0.2, 0.25) is 0 Å². The van der Waals surface area contributed by atoms with Crippen LogP contribution in [0.15, 0.2) is 84.5 Å². The maximum atomic E-state index is 6.45. The van der Waals surface area contributed by atoms with Crippen LogP contribution in [-0.2, 0) is 6.54 Å². The first kappa shape index (κ1) is 20.2. The molecular formula is C29H27N3OS. The molecule has 0 amide bonds. The molecule has 3 aliphatic heterocycles. The standard InChI is InChI=1S/C29H27N3OS/c1-2-8-28-26(7-1)32(27-12-9-20(15-29(27)33-28)21-5-3-13-30-18-21)24-16-22-10-11-23(17-24)31(22)19-25-6-4-14-34-25/h1-9,12-15,18,22-24H,10-11,16-17,19H2/t22-,23+,24?. The Balaban J connectivity index is 1.23. The summed E-state index contributed by atoms with van der Waals surface area (Å²) < 4.78 is 6.45. The summed E-state index contributed by atoms with van der Waals surface area (Å²) in [6.45, 7) is 1.10. The Morgan fingerprint density at radius 2 is 1.68 bits per heavy atom. The number of thiophene rings is 1. The molecule has 0 N–H and O–H groups in total. The Bertz CT molecular complexity index is 1290. The van der Waals surface area contributed by atoms with Crippen LogP contribution in [0.3, 0.4) is 0 Å². The van der Waals surface area contributed by atoms with E-state index in [4.69, 9.17) is 4.74 Å². The monoisotopic (exact) mass is 465 g/mol. The number of ether oxygens (including phenoxy) is 1. The normalized spacial score (nSPS) is 23.3.